The number of fused-ring (bicyclic) bond motifs is 1. The van der Waals surface area contributed by atoms with Gasteiger partial charge in [0.25, 0.3) is 0 Å². The van der Waals surface area contributed by atoms with Crippen LogP contribution in [-0.2, 0) is 21.4 Å². The maximum absolute atomic E-state index is 13.4. The molecule has 0 spiro atoms. The van der Waals surface area contributed by atoms with E-state index in [4.69, 9.17) is 0 Å². The number of thiophene rings is 1. The molecule has 0 unspecified atom stereocenters. The number of rotatable bonds is 6. The summed E-state index contributed by atoms with van der Waals surface area (Å²) in [4.78, 5) is 30.8. The van der Waals surface area contributed by atoms with E-state index in [1.165, 1.54) is 16.0 Å². The molecule has 0 N–H and O–H groups in total. The summed E-state index contributed by atoms with van der Waals surface area (Å²) in [6, 6.07) is 10.8. The van der Waals surface area contributed by atoms with Crippen LogP contribution >= 0.6 is 11.3 Å². The van der Waals surface area contributed by atoms with Crippen LogP contribution in [-0.4, -0.2) is 41.2 Å². The van der Waals surface area contributed by atoms with Gasteiger partial charge in [0.15, 0.2) is 0 Å². The summed E-state index contributed by atoms with van der Waals surface area (Å²) in [5.41, 5.74) is 3.75. The highest BCUT2D eigenvalue weighted by Gasteiger charge is 2.34. The summed E-state index contributed by atoms with van der Waals surface area (Å²) >= 11 is 1.77. The Kier molecular flexibility index (Phi) is 7.02. The largest absolute Gasteiger partial charge is 0.333 e. The number of hydrogen-bond acceptors (Lipinski definition) is 3. The average Bonchev–Trinajstić information content (AvgIpc) is 3.20. The van der Waals surface area contributed by atoms with Crippen molar-refractivity contribution in [3.63, 3.8) is 0 Å². The average molecular weight is 427 g/mol. The molecule has 1 atom stereocenters. The van der Waals surface area contributed by atoms with Gasteiger partial charge in [0.1, 0.15) is 0 Å². The molecule has 1 aliphatic rings. The van der Waals surface area contributed by atoms with E-state index in [1.54, 1.807) is 16.2 Å². The number of benzene rings is 1. The third-order valence-electron chi connectivity index (χ3n) is 5.85. The van der Waals surface area contributed by atoms with E-state index in [-0.39, 0.29) is 29.8 Å². The smallest absolute Gasteiger partial charge is 0.242 e. The second-order valence-corrected chi connectivity index (χ2v) is 10.1. The molecule has 3 rings (SSSR count). The summed E-state index contributed by atoms with van der Waals surface area (Å²) in [6.07, 6.45) is 2.16. The number of nitrogens with zero attached hydrogens (tertiary/aromatic N) is 2. The van der Waals surface area contributed by atoms with Crippen molar-refractivity contribution in [3.8, 4) is 0 Å². The Morgan fingerprint density at radius 2 is 1.83 bits per heavy atom. The number of hydrogen-bond donors (Lipinski definition) is 0. The number of amides is 2. The van der Waals surface area contributed by atoms with Gasteiger partial charge in [-0.05, 0) is 46.4 Å². The van der Waals surface area contributed by atoms with Crippen molar-refractivity contribution in [1.29, 1.82) is 0 Å². The first kappa shape index (κ1) is 22.5. The molecule has 1 aliphatic heterocycles. The van der Waals surface area contributed by atoms with E-state index in [0.29, 0.717) is 19.5 Å². The van der Waals surface area contributed by atoms with Gasteiger partial charge in [-0.15, -0.1) is 11.3 Å². The van der Waals surface area contributed by atoms with Gasteiger partial charge in [-0.3, -0.25) is 9.59 Å². The van der Waals surface area contributed by atoms with Crippen molar-refractivity contribution >= 4 is 23.2 Å². The Hall–Kier alpha value is -2.14. The third kappa shape index (κ3) is 4.77. The van der Waals surface area contributed by atoms with Crippen LogP contribution in [0.4, 0.5) is 0 Å². The molecule has 1 aromatic heterocycles. The van der Waals surface area contributed by atoms with Crippen molar-refractivity contribution < 1.29 is 9.59 Å². The molecule has 2 amide bonds. The normalized spacial score (nSPS) is 16.3. The third-order valence-corrected chi connectivity index (χ3v) is 6.85. The quantitative estimate of drug-likeness (QED) is 0.639. The lowest BCUT2D eigenvalue weighted by Gasteiger charge is -2.38. The first-order valence-electron chi connectivity index (χ1n) is 11.0. The van der Waals surface area contributed by atoms with Gasteiger partial charge < -0.3 is 9.80 Å². The van der Waals surface area contributed by atoms with Gasteiger partial charge in [0.2, 0.25) is 11.8 Å². The predicted octanol–water partition coefficient (Wildman–Crippen LogP) is 5.17. The zero-order chi connectivity index (χ0) is 21.9. The van der Waals surface area contributed by atoms with Gasteiger partial charge in [-0.2, -0.15) is 0 Å². The fraction of sp³-hybridized carbons (Fsp3) is 0.520. The summed E-state index contributed by atoms with van der Waals surface area (Å²) in [6.45, 7) is 12.0. The molecule has 0 fully saturated rings. The fourth-order valence-corrected chi connectivity index (χ4v) is 5.05. The lowest BCUT2D eigenvalue weighted by molar-refractivity contribution is -0.141. The molecule has 2 heterocycles. The van der Waals surface area contributed by atoms with Crippen LogP contribution in [0.1, 0.15) is 75.1 Å². The lowest BCUT2D eigenvalue weighted by atomic mass is 9.85. The molecular weight excluding hydrogens is 392 g/mol. The minimum absolute atomic E-state index is 0.0343. The molecule has 5 heteroatoms. The Labute approximate surface area is 184 Å². The zero-order valence-corrected chi connectivity index (χ0v) is 19.7. The maximum atomic E-state index is 13.4. The number of carbonyl (C=O) groups excluding carboxylic acids is 2. The highest BCUT2D eigenvalue weighted by atomic mass is 32.1. The van der Waals surface area contributed by atoms with Gasteiger partial charge in [-0.25, -0.2) is 0 Å². The molecule has 0 saturated carbocycles. The van der Waals surface area contributed by atoms with Crippen molar-refractivity contribution in [2.45, 2.75) is 65.3 Å². The van der Waals surface area contributed by atoms with E-state index in [0.717, 1.165) is 18.4 Å². The van der Waals surface area contributed by atoms with Gasteiger partial charge >= 0.3 is 0 Å². The summed E-state index contributed by atoms with van der Waals surface area (Å²) in [5, 5.41) is 2.12. The molecule has 4 nitrogen and oxygen atoms in total. The lowest BCUT2D eigenvalue weighted by Crippen LogP contribution is -2.46. The van der Waals surface area contributed by atoms with Crippen molar-refractivity contribution in [2.24, 2.45) is 0 Å². The van der Waals surface area contributed by atoms with Crippen LogP contribution in [0, 0.1) is 0 Å². The van der Waals surface area contributed by atoms with E-state index >= 15 is 0 Å². The minimum Gasteiger partial charge on any atom is -0.333 e. The van der Waals surface area contributed by atoms with E-state index in [2.05, 4.69) is 56.5 Å². The topological polar surface area (TPSA) is 40.6 Å². The molecule has 162 valence electrons. The fourth-order valence-electron chi connectivity index (χ4n) is 4.15. The van der Waals surface area contributed by atoms with Crippen molar-refractivity contribution in [2.75, 3.05) is 19.6 Å². The van der Waals surface area contributed by atoms with E-state index in [1.807, 2.05) is 18.7 Å². The van der Waals surface area contributed by atoms with Crippen LogP contribution in [0.2, 0.25) is 0 Å². The molecule has 0 saturated heterocycles. The Morgan fingerprint density at radius 1 is 1.13 bits per heavy atom. The molecule has 2 aromatic rings. The second-order valence-electron chi connectivity index (χ2n) is 9.08. The van der Waals surface area contributed by atoms with Crippen molar-refractivity contribution in [1.82, 2.24) is 9.80 Å². The first-order valence-corrected chi connectivity index (χ1v) is 11.9. The standard InChI is InChI=1S/C25H34N2O2S/c1-6-14-26(22(28)7-2)17-23(29)27-15-12-21-20(13-16-30-21)24(27)18-8-10-19(11-9-18)25(3,4)5/h8-11,13,16,24H,6-7,12,14-15,17H2,1-5H3/t24-/m0/s1. The monoisotopic (exact) mass is 426 g/mol. The molecule has 30 heavy (non-hydrogen) atoms. The molecule has 0 radical (unpaired) electrons. The van der Waals surface area contributed by atoms with E-state index in [9.17, 15) is 9.59 Å². The predicted molar refractivity (Wildman–Crippen MR) is 124 cm³/mol. The first-order chi connectivity index (χ1) is 14.3. The van der Waals surface area contributed by atoms with Gasteiger partial charge in [0.05, 0.1) is 12.6 Å². The van der Waals surface area contributed by atoms with Crippen LogP contribution in [0.25, 0.3) is 0 Å². The van der Waals surface area contributed by atoms with Crippen LogP contribution < -0.4 is 0 Å². The number of carbonyl (C=O) groups is 2. The molecule has 0 bridgehead atoms. The zero-order valence-electron chi connectivity index (χ0n) is 18.9. The maximum Gasteiger partial charge on any atom is 0.242 e. The van der Waals surface area contributed by atoms with Gasteiger partial charge in [0, 0.05) is 24.4 Å². The summed E-state index contributed by atoms with van der Waals surface area (Å²) in [7, 11) is 0. The minimum atomic E-state index is -0.0817. The summed E-state index contributed by atoms with van der Waals surface area (Å²) in [5.74, 6) is 0.0801. The van der Waals surface area contributed by atoms with Gasteiger partial charge in [-0.1, -0.05) is 58.9 Å². The Balaban J connectivity index is 1.91. The molecule has 0 aliphatic carbocycles. The van der Waals surface area contributed by atoms with Crippen molar-refractivity contribution in [3.05, 3.63) is 57.3 Å². The highest BCUT2D eigenvalue weighted by molar-refractivity contribution is 7.10. The van der Waals surface area contributed by atoms with Crippen LogP contribution in [0.3, 0.4) is 0 Å². The SMILES string of the molecule is CCCN(CC(=O)N1CCc2sccc2[C@@H]1c1ccc(C(C)(C)C)cc1)C(=O)CC. The van der Waals surface area contributed by atoms with Crippen LogP contribution in [0.5, 0.6) is 0 Å². The Bertz CT molecular complexity index is 879. The van der Waals surface area contributed by atoms with Crippen LogP contribution in [0.15, 0.2) is 35.7 Å². The second kappa shape index (κ2) is 9.34. The highest BCUT2D eigenvalue weighted by Crippen LogP contribution is 2.38. The Morgan fingerprint density at radius 3 is 2.43 bits per heavy atom. The molecule has 1 aromatic carbocycles. The van der Waals surface area contributed by atoms with E-state index < -0.39 is 0 Å². The summed E-state index contributed by atoms with van der Waals surface area (Å²) < 4.78 is 0. The molecular formula is C25H34N2O2S.